The Morgan fingerprint density at radius 1 is 1.03 bits per heavy atom. The van der Waals surface area contributed by atoms with Crippen molar-refractivity contribution >= 4 is 12.1 Å². The second-order valence-corrected chi connectivity index (χ2v) is 7.96. The van der Waals surface area contributed by atoms with E-state index in [2.05, 4.69) is 6.92 Å². The monoisotopic (exact) mass is 493 g/mol. The van der Waals surface area contributed by atoms with Gasteiger partial charge in [0.25, 0.3) is 0 Å². The van der Waals surface area contributed by atoms with Crippen LogP contribution in [-0.2, 0) is 27.3 Å². The molecule has 7 nitrogen and oxygen atoms in total. The zero-order chi connectivity index (χ0) is 25.6. The maximum Gasteiger partial charge on any atom is 0.410 e. The molecule has 1 N–H and O–H groups in total. The van der Waals surface area contributed by atoms with E-state index in [1.54, 1.807) is 31.2 Å². The number of rotatable bonds is 15. The van der Waals surface area contributed by atoms with Crippen LogP contribution in [-0.4, -0.2) is 54.5 Å². The fourth-order valence-electron chi connectivity index (χ4n) is 3.34. The quantitative estimate of drug-likeness (QED) is 0.343. The van der Waals surface area contributed by atoms with Gasteiger partial charge < -0.3 is 24.2 Å². The molecule has 0 aliphatic heterocycles. The van der Waals surface area contributed by atoms with Crippen LogP contribution in [0.15, 0.2) is 42.5 Å². The van der Waals surface area contributed by atoms with E-state index in [9.17, 15) is 23.5 Å². The minimum absolute atomic E-state index is 0.0964. The molecule has 0 radical (unpaired) electrons. The van der Waals surface area contributed by atoms with E-state index in [4.69, 9.17) is 14.2 Å². The molecule has 0 aliphatic rings. The first-order valence-electron chi connectivity index (χ1n) is 11.8. The van der Waals surface area contributed by atoms with E-state index in [1.165, 1.54) is 11.0 Å². The van der Waals surface area contributed by atoms with Crippen LogP contribution in [0.2, 0.25) is 0 Å². The number of halogens is 2. The van der Waals surface area contributed by atoms with Gasteiger partial charge in [-0.15, -0.1) is 0 Å². The van der Waals surface area contributed by atoms with Gasteiger partial charge in [-0.2, -0.15) is 0 Å². The minimum atomic E-state index is -1.01. The van der Waals surface area contributed by atoms with Crippen LogP contribution in [0.25, 0.3) is 0 Å². The third kappa shape index (κ3) is 9.90. The first kappa shape index (κ1) is 28.0. The molecule has 0 aromatic heterocycles. The van der Waals surface area contributed by atoms with Crippen molar-refractivity contribution in [3.05, 3.63) is 65.2 Å². The van der Waals surface area contributed by atoms with Gasteiger partial charge in [-0.05, 0) is 43.2 Å². The molecule has 35 heavy (non-hydrogen) atoms. The van der Waals surface area contributed by atoms with Crippen LogP contribution >= 0.6 is 0 Å². The zero-order valence-electron chi connectivity index (χ0n) is 20.2. The molecule has 2 aromatic rings. The highest BCUT2D eigenvalue weighted by molar-refractivity contribution is 5.72. The number of hydrogen-bond donors (Lipinski definition) is 1. The van der Waals surface area contributed by atoms with Gasteiger partial charge in [0.15, 0.2) is 6.10 Å². The molecule has 1 amide bonds. The predicted octanol–water partition coefficient (Wildman–Crippen LogP) is 5.20. The van der Waals surface area contributed by atoms with Crippen molar-refractivity contribution < 1.29 is 37.7 Å². The Morgan fingerprint density at radius 2 is 1.77 bits per heavy atom. The van der Waals surface area contributed by atoms with Crippen molar-refractivity contribution in [2.24, 2.45) is 0 Å². The van der Waals surface area contributed by atoms with Crippen molar-refractivity contribution in [2.45, 2.75) is 52.2 Å². The van der Waals surface area contributed by atoms with Crippen molar-refractivity contribution in [2.75, 3.05) is 26.3 Å². The largest absolute Gasteiger partial charge is 0.492 e. The van der Waals surface area contributed by atoms with Crippen molar-refractivity contribution in [3.63, 3.8) is 0 Å². The maximum absolute atomic E-state index is 13.8. The third-order valence-corrected chi connectivity index (χ3v) is 5.27. The highest BCUT2D eigenvalue weighted by Gasteiger charge is 2.18. The van der Waals surface area contributed by atoms with Crippen molar-refractivity contribution in [1.29, 1.82) is 0 Å². The van der Waals surface area contributed by atoms with E-state index < -0.39 is 29.8 Å². The summed E-state index contributed by atoms with van der Waals surface area (Å²) >= 11 is 0. The highest BCUT2D eigenvalue weighted by Crippen LogP contribution is 2.15. The van der Waals surface area contributed by atoms with Crippen LogP contribution in [0.5, 0.6) is 5.75 Å². The SMILES string of the molecule is CCCCCN(CCOc1ccc(CC(OCC)C(=O)O)cc1)C(=O)OCc1ccc(F)cc1F. The van der Waals surface area contributed by atoms with E-state index in [0.29, 0.717) is 18.9 Å². The molecule has 192 valence electrons. The smallest absolute Gasteiger partial charge is 0.410 e. The maximum atomic E-state index is 13.8. The van der Waals surface area contributed by atoms with Gasteiger partial charge in [-0.25, -0.2) is 18.4 Å². The topological polar surface area (TPSA) is 85.3 Å². The first-order valence-corrected chi connectivity index (χ1v) is 11.8. The summed E-state index contributed by atoms with van der Waals surface area (Å²) < 4.78 is 43.1. The molecule has 2 rings (SSSR count). The summed E-state index contributed by atoms with van der Waals surface area (Å²) in [5.41, 5.74) is 0.898. The van der Waals surface area contributed by atoms with Crippen LogP contribution in [0.3, 0.4) is 0 Å². The fourth-order valence-corrected chi connectivity index (χ4v) is 3.34. The van der Waals surface area contributed by atoms with Crippen molar-refractivity contribution in [3.8, 4) is 5.75 Å². The lowest BCUT2D eigenvalue weighted by atomic mass is 10.1. The van der Waals surface area contributed by atoms with Crippen molar-refractivity contribution in [1.82, 2.24) is 4.90 Å². The average Bonchev–Trinajstić information content (AvgIpc) is 2.83. The molecule has 1 unspecified atom stereocenters. The predicted molar refractivity (Wildman–Crippen MR) is 126 cm³/mol. The number of carboxylic acids is 1. The number of carbonyl (C=O) groups excluding carboxylic acids is 1. The Kier molecular flexibility index (Phi) is 12.0. The number of carbonyl (C=O) groups is 2. The Labute approximate surface area is 204 Å². The Morgan fingerprint density at radius 3 is 2.40 bits per heavy atom. The first-order chi connectivity index (χ1) is 16.8. The average molecular weight is 494 g/mol. The summed E-state index contributed by atoms with van der Waals surface area (Å²) in [6.07, 6.45) is 1.46. The number of amides is 1. The number of ether oxygens (including phenoxy) is 3. The van der Waals surface area contributed by atoms with E-state index >= 15 is 0 Å². The fraction of sp³-hybridized carbons (Fsp3) is 0.462. The summed E-state index contributed by atoms with van der Waals surface area (Å²) in [5.74, 6) is -1.89. The van der Waals surface area contributed by atoms with Gasteiger partial charge in [0.05, 0.1) is 6.54 Å². The zero-order valence-corrected chi connectivity index (χ0v) is 20.2. The molecule has 0 saturated carbocycles. The Hall–Kier alpha value is -3.20. The molecule has 0 aliphatic carbocycles. The number of unbranched alkanes of at least 4 members (excludes halogenated alkanes) is 2. The number of nitrogens with zero attached hydrogens (tertiary/aromatic N) is 1. The van der Waals surface area contributed by atoms with Gasteiger partial charge in [0, 0.05) is 31.2 Å². The molecule has 0 saturated heterocycles. The number of carboxylic acid groups (broad SMARTS) is 1. The van der Waals surface area contributed by atoms with Gasteiger partial charge >= 0.3 is 12.1 Å². The highest BCUT2D eigenvalue weighted by atomic mass is 19.1. The van der Waals surface area contributed by atoms with Crippen LogP contribution < -0.4 is 4.74 Å². The summed E-state index contributed by atoms with van der Waals surface area (Å²) in [4.78, 5) is 25.3. The lowest BCUT2D eigenvalue weighted by molar-refractivity contribution is -0.149. The number of benzene rings is 2. The molecule has 0 heterocycles. The summed E-state index contributed by atoms with van der Waals surface area (Å²) in [7, 11) is 0. The second-order valence-electron chi connectivity index (χ2n) is 7.96. The van der Waals surface area contributed by atoms with Crippen LogP contribution in [0, 0.1) is 11.6 Å². The summed E-state index contributed by atoms with van der Waals surface area (Å²) in [6, 6.07) is 10.1. The van der Waals surface area contributed by atoms with Gasteiger partial charge in [-0.1, -0.05) is 31.9 Å². The number of aliphatic carboxylic acids is 1. The van der Waals surface area contributed by atoms with Crippen LogP contribution in [0.4, 0.5) is 13.6 Å². The molecular weight excluding hydrogens is 460 g/mol. The molecule has 2 aromatic carbocycles. The Bertz CT molecular complexity index is 938. The lowest BCUT2D eigenvalue weighted by Crippen LogP contribution is -2.36. The number of hydrogen-bond acceptors (Lipinski definition) is 5. The molecule has 0 fully saturated rings. The summed E-state index contributed by atoms with van der Waals surface area (Å²) in [6.45, 7) is 4.76. The molecule has 1 atom stereocenters. The second kappa shape index (κ2) is 14.9. The normalized spacial score (nSPS) is 11.7. The van der Waals surface area contributed by atoms with Gasteiger partial charge in [-0.3, -0.25) is 0 Å². The Balaban J connectivity index is 1.88. The standard InChI is InChI=1S/C26H33F2NO6/c1-3-5-6-13-29(26(32)35-18-20-9-10-21(27)17-23(20)28)14-15-34-22-11-7-19(8-12-22)16-24(25(30)31)33-4-2/h7-12,17,24H,3-6,13-16,18H2,1-2H3,(H,30,31). The van der Waals surface area contributed by atoms with Crippen LogP contribution in [0.1, 0.15) is 44.2 Å². The summed E-state index contributed by atoms with van der Waals surface area (Å²) in [5, 5.41) is 9.21. The van der Waals surface area contributed by atoms with Gasteiger partial charge in [0.1, 0.15) is 30.6 Å². The molecule has 9 heteroatoms. The minimum Gasteiger partial charge on any atom is -0.492 e. The lowest BCUT2D eigenvalue weighted by Gasteiger charge is -2.22. The third-order valence-electron chi connectivity index (χ3n) is 5.27. The van der Waals surface area contributed by atoms with E-state index in [0.717, 1.165) is 37.0 Å². The molecule has 0 bridgehead atoms. The van der Waals surface area contributed by atoms with E-state index in [1.807, 2.05) is 0 Å². The molecule has 0 spiro atoms. The van der Waals surface area contributed by atoms with Gasteiger partial charge in [0.2, 0.25) is 0 Å². The molecular formula is C26H33F2NO6. The van der Waals surface area contributed by atoms with E-state index in [-0.39, 0.29) is 31.7 Å².